The van der Waals surface area contributed by atoms with Gasteiger partial charge in [-0.1, -0.05) is 11.2 Å². The molecule has 0 bridgehead atoms. The number of pyridine rings is 1. The average Bonchev–Trinajstić information content (AvgIpc) is 3.24. The van der Waals surface area contributed by atoms with E-state index in [-0.39, 0.29) is 18.8 Å². The van der Waals surface area contributed by atoms with Crippen molar-refractivity contribution in [2.75, 3.05) is 7.05 Å². The van der Waals surface area contributed by atoms with Gasteiger partial charge in [-0.05, 0) is 51.6 Å². The number of benzene rings is 1. The van der Waals surface area contributed by atoms with Crippen molar-refractivity contribution >= 4 is 0 Å². The molecule has 32 heavy (non-hydrogen) atoms. The molecule has 0 unspecified atom stereocenters. The minimum atomic E-state index is -0.370. The van der Waals surface area contributed by atoms with E-state index in [0.29, 0.717) is 40.6 Å². The van der Waals surface area contributed by atoms with Crippen molar-refractivity contribution in [3.05, 3.63) is 76.2 Å². The van der Waals surface area contributed by atoms with Gasteiger partial charge in [0.1, 0.15) is 17.2 Å². The molecule has 4 rings (SSSR count). The molecule has 0 amide bonds. The Morgan fingerprint density at radius 3 is 2.72 bits per heavy atom. The van der Waals surface area contributed by atoms with Crippen LogP contribution in [0.4, 0.5) is 4.39 Å². The van der Waals surface area contributed by atoms with E-state index >= 15 is 0 Å². The number of nitrogens with one attached hydrogen (secondary N) is 1. The number of hydrogen-bond donors (Lipinski definition) is 1. The van der Waals surface area contributed by atoms with E-state index in [1.165, 1.54) is 12.1 Å². The number of hydrogen-bond acceptors (Lipinski definition) is 6. The zero-order valence-corrected chi connectivity index (χ0v) is 18.4. The second-order valence-corrected chi connectivity index (χ2v) is 7.87. The Labute approximate surface area is 186 Å². The van der Waals surface area contributed by atoms with E-state index in [0.717, 1.165) is 11.1 Å². The molecule has 3 heterocycles. The van der Waals surface area contributed by atoms with E-state index in [9.17, 15) is 9.18 Å². The predicted octanol–water partition coefficient (Wildman–Crippen LogP) is 4.62. The molecule has 0 aliphatic rings. The van der Waals surface area contributed by atoms with Gasteiger partial charge >= 0.3 is 0 Å². The van der Waals surface area contributed by atoms with Crippen molar-refractivity contribution in [2.45, 2.75) is 33.4 Å². The molecule has 0 fully saturated rings. The molecule has 0 saturated carbocycles. The van der Waals surface area contributed by atoms with Crippen molar-refractivity contribution < 1.29 is 10.3 Å². The van der Waals surface area contributed by atoms with Crippen molar-refractivity contribution in [3.63, 3.8) is 0 Å². The van der Waals surface area contributed by atoms with Crippen molar-refractivity contribution in [1.82, 2.24) is 25.0 Å². The maximum absolute atomic E-state index is 14.6. The summed E-state index contributed by atoms with van der Waals surface area (Å²) in [6.45, 7) is 6.28. The lowest BCUT2D eigenvalue weighted by Gasteiger charge is -2.11. The number of halogens is 1. The maximum atomic E-state index is 14.6. The van der Waals surface area contributed by atoms with Gasteiger partial charge < -0.3 is 14.4 Å². The van der Waals surface area contributed by atoms with Gasteiger partial charge in [-0.2, -0.15) is 0 Å². The largest absolute Gasteiger partial charge is 0.354 e. The van der Waals surface area contributed by atoms with Gasteiger partial charge in [-0.3, -0.25) is 9.78 Å². The van der Waals surface area contributed by atoms with Crippen LogP contribution >= 0.6 is 0 Å². The standard InChI is InChI=1S/C24H24FN5O2.H2/c1-14(2)30-13-17(6-8-23(30)31)21-12-27-15(3)24(28-21)22-10-20(29-32-22)18-7-5-16(11-26-4)9-19(18)25;/h5-10,12-14,26H,11H2,1-4H3;1H. The first-order chi connectivity index (χ1) is 15.4. The quantitative estimate of drug-likeness (QED) is 0.476. The fraction of sp³-hybridized carbons (Fsp3) is 0.250. The third kappa shape index (κ3) is 4.22. The Morgan fingerprint density at radius 2 is 2.00 bits per heavy atom. The lowest BCUT2D eigenvalue weighted by Crippen LogP contribution is -2.20. The van der Waals surface area contributed by atoms with Gasteiger partial charge in [0, 0.05) is 43.5 Å². The summed E-state index contributed by atoms with van der Waals surface area (Å²) >= 11 is 0. The van der Waals surface area contributed by atoms with E-state index in [1.54, 1.807) is 35.2 Å². The van der Waals surface area contributed by atoms with Crippen LogP contribution in [0.2, 0.25) is 0 Å². The third-order valence-corrected chi connectivity index (χ3v) is 5.18. The highest BCUT2D eigenvalue weighted by atomic mass is 19.1. The molecule has 166 valence electrons. The van der Waals surface area contributed by atoms with Crippen LogP contribution < -0.4 is 10.9 Å². The SMILES string of the molecule is CNCc1ccc(-c2cc(-c3nc(-c4ccc(=O)n(C(C)C)c4)cnc3C)on2)c(F)c1.[HH]. The molecular formula is C24H26FN5O2. The lowest BCUT2D eigenvalue weighted by molar-refractivity contribution is 0.432. The molecule has 0 spiro atoms. The van der Waals surface area contributed by atoms with Crippen LogP contribution in [0.3, 0.4) is 0 Å². The number of rotatable bonds is 6. The van der Waals surface area contributed by atoms with Gasteiger partial charge in [0.2, 0.25) is 0 Å². The summed E-state index contributed by atoms with van der Waals surface area (Å²) in [5.41, 5.74) is 4.02. The summed E-state index contributed by atoms with van der Waals surface area (Å²) < 4.78 is 21.8. The van der Waals surface area contributed by atoms with Gasteiger partial charge in [0.15, 0.2) is 5.76 Å². The van der Waals surface area contributed by atoms with E-state index < -0.39 is 0 Å². The van der Waals surface area contributed by atoms with Gasteiger partial charge in [-0.15, -0.1) is 0 Å². The molecule has 0 aliphatic carbocycles. The highest BCUT2D eigenvalue weighted by Crippen LogP contribution is 2.29. The van der Waals surface area contributed by atoms with E-state index in [2.05, 4.69) is 15.5 Å². The Morgan fingerprint density at radius 1 is 1.19 bits per heavy atom. The molecule has 1 aromatic carbocycles. The first-order valence-corrected chi connectivity index (χ1v) is 10.3. The summed E-state index contributed by atoms with van der Waals surface area (Å²) in [6.07, 6.45) is 3.42. The highest BCUT2D eigenvalue weighted by molar-refractivity contribution is 5.68. The summed E-state index contributed by atoms with van der Waals surface area (Å²) in [5, 5.41) is 7.05. The van der Waals surface area contributed by atoms with Gasteiger partial charge in [0.25, 0.3) is 5.56 Å². The normalized spacial score (nSPS) is 11.3. The molecular weight excluding hydrogens is 409 g/mol. The first kappa shape index (κ1) is 21.6. The monoisotopic (exact) mass is 435 g/mol. The lowest BCUT2D eigenvalue weighted by atomic mass is 10.1. The molecule has 4 aromatic rings. The van der Waals surface area contributed by atoms with Crippen molar-refractivity contribution in [1.29, 1.82) is 0 Å². The summed E-state index contributed by atoms with van der Waals surface area (Å²) in [4.78, 5) is 21.2. The van der Waals surface area contributed by atoms with Crippen LogP contribution in [-0.4, -0.2) is 26.7 Å². The van der Waals surface area contributed by atoms with Crippen LogP contribution in [0.5, 0.6) is 0 Å². The molecule has 0 aliphatic heterocycles. The Balaban J connectivity index is 0.00000306. The van der Waals surface area contributed by atoms with Crippen LogP contribution in [0, 0.1) is 12.7 Å². The third-order valence-electron chi connectivity index (χ3n) is 5.18. The molecule has 0 saturated heterocycles. The zero-order chi connectivity index (χ0) is 22.8. The average molecular weight is 436 g/mol. The summed E-state index contributed by atoms with van der Waals surface area (Å²) in [7, 11) is 1.81. The fourth-order valence-corrected chi connectivity index (χ4v) is 3.47. The van der Waals surface area contributed by atoms with Crippen LogP contribution in [0.1, 0.15) is 32.6 Å². The Hall–Kier alpha value is -3.65. The zero-order valence-electron chi connectivity index (χ0n) is 18.4. The van der Waals surface area contributed by atoms with Gasteiger partial charge in [0.05, 0.1) is 17.6 Å². The fourth-order valence-electron chi connectivity index (χ4n) is 3.47. The van der Waals surface area contributed by atoms with Crippen molar-refractivity contribution in [3.8, 4) is 34.0 Å². The maximum Gasteiger partial charge on any atom is 0.250 e. The number of nitrogens with zero attached hydrogens (tertiary/aromatic N) is 4. The van der Waals surface area contributed by atoms with Crippen LogP contribution in [-0.2, 0) is 6.54 Å². The number of aryl methyl sites for hydroxylation is 1. The van der Waals surface area contributed by atoms with Crippen LogP contribution in [0.15, 0.2) is 58.1 Å². The second kappa shape index (κ2) is 8.84. The molecule has 7 nitrogen and oxygen atoms in total. The summed E-state index contributed by atoms with van der Waals surface area (Å²) in [6, 6.07) is 9.93. The topological polar surface area (TPSA) is 85.8 Å². The Bertz CT molecular complexity index is 1330. The van der Waals surface area contributed by atoms with E-state index in [1.807, 2.05) is 33.9 Å². The second-order valence-electron chi connectivity index (χ2n) is 7.87. The minimum Gasteiger partial charge on any atom is -0.354 e. The predicted molar refractivity (Wildman–Crippen MR) is 123 cm³/mol. The highest BCUT2D eigenvalue weighted by Gasteiger charge is 2.17. The van der Waals surface area contributed by atoms with Gasteiger partial charge in [-0.25, -0.2) is 9.37 Å². The van der Waals surface area contributed by atoms with E-state index in [4.69, 9.17) is 9.51 Å². The molecule has 8 heteroatoms. The minimum absolute atomic E-state index is 0. The molecule has 3 aromatic heterocycles. The molecule has 0 radical (unpaired) electrons. The van der Waals surface area contributed by atoms with Crippen molar-refractivity contribution in [2.24, 2.45) is 0 Å². The molecule has 0 atom stereocenters. The smallest absolute Gasteiger partial charge is 0.250 e. The Kier molecular flexibility index (Phi) is 5.96. The summed E-state index contributed by atoms with van der Waals surface area (Å²) in [5.74, 6) is 0.0211. The first-order valence-electron chi connectivity index (χ1n) is 10.3. The number of aromatic nitrogens is 4. The molecule has 1 N–H and O–H groups in total. The van der Waals surface area contributed by atoms with Crippen LogP contribution in [0.25, 0.3) is 34.0 Å².